The average molecular weight is 330 g/mol. The highest BCUT2D eigenvalue weighted by atomic mass is 16.5. The lowest BCUT2D eigenvalue weighted by atomic mass is 10.0. The Morgan fingerprint density at radius 3 is 2.40 bits per heavy atom. The third-order valence-corrected chi connectivity index (χ3v) is 4.03. The molecule has 0 amide bonds. The van der Waals surface area contributed by atoms with Crippen molar-refractivity contribution in [3.8, 4) is 5.75 Å². The van der Waals surface area contributed by atoms with Gasteiger partial charge in [0.25, 0.3) is 0 Å². The highest BCUT2D eigenvalue weighted by molar-refractivity contribution is 6.08. The van der Waals surface area contributed by atoms with Gasteiger partial charge in [-0.3, -0.25) is 4.79 Å². The van der Waals surface area contributed by atoms with Crippen LogP contribution in [-0.2, 0) is 0 Å². The Bertz CT molecular complexity index is 918. The normalized spacial score (nSPS) is 11.4. The second kappa shape index (κ2) is 7.35. The van der Waals surface area contributed by atoms with Crippen LogP contribution in [0.5, 0.6) is 5.75 Å². The fraction of sp³-hybridized carbons (Fsp3) is 0.174. The van der Waals surface area contributed by atoms with Gasteiger partial charge in [-0.1, -0.05) is 60.2 Å². The Morgan fingerprint density at radius 2 is 1.68 bits per heavy atom. The van der Waals surface area contributed by atoms with Crippen LogP contribution in [0.1, 0.15) is 35.3 Å². The minimum Gasteiger partial charge on any atom is -0.490 e. The Kier molecular flexibility index (Phi) is 4.99. The molecular weight excluding hydrogens is 308 g/mol. The molecule has 0 aliphatic rings. The zero-order valence-electron chi connectivity index (χ0n) is 14.8. The molecule has 25 heavy (non-hydrogen) atoms. The van der Waals surface area contributed by atoms with Crippen LogP contribution in [0.15, 0.2) is 66.7 Å². The van der Waals surface area contributed by atoms with Crippen LogP contribution in [0.3, 0.4) is 0 Å². The molecule has 0 fully saturated rings. The quantitative estimate of drug-likeness (QED) is 0.434. The van der Waals surface area contributed by atoms with Gasteiger partial charge in [-0.15, -0.1) is 0 Å². The number of ketones is 1. The Morgan fingerprint density at radius 1 is 0.960 bits per heavy atom. The van der Waals surface area contributed by atoms with Gasteiger partial charge in [-0.05, 0) is 49.8 Å². The van der Waals surface area contributed by atoms with E-state index in [1.54, 1.807) is 6.08 Å². The molecule has 0 saturated heterocycles. The number of ether oxygens (including phenoxy) is 1. The zero-order valence-corrected chi connectivity index (χ0v) is 14.8. The lowest BCUT2D eigenvalue weighted by Crippen LogP contribution is -2.06. The summed E-state index contributed by atoms with van der Waals surface area (Å²) in [6.07, 6.45) is 3.56. The van der Waals surface area contributed by atoms with E-state index in [4.69, 9.17) is 4.74 Å². The van der Waals surface area contributed by atoms with Crippen LogP contribution in [0.4, 0.5) is 0 Å². The maximum Gasteiger partial charge on any atom is 0.185 e. The predicted octanol–water partition coefficient (Wildman–Crippen LogP) is 5.83. The summed E-state index contributed by atoms with van der Waals surface area (Å²) < 4.78 is 5.94. The minimum atomic E-state index is -0.0107. The number of aryl methyl sites for hydroxylation is 1. The van der Waals surface area contributed by atoms with Gasteiger partial charge >= 0.3 is 0 Å². The summed E-state index contributed by atoms with van der Waals surface area (Å²) in [6, 6.07) is 19.8. The summed E-state index contributed by atoms with van der Waals surface area (Å²) in [5.74, 6) is 0.782. The van der Waals surface area contributed by atoms with E-state index in [9.17, 15) is 4.79 Å². The van der Waals surface area contributed by atoms with E-state index in [2.05, 4.69) is 12.1 Å². The molecule has 3 aromatic rings. The number of allylic oxidation sites excluding steroid dienone is 1. The number of carbonyl (C=O) groups excluding carboxylic acids is 1. The SMILES string of the molecule is Cc1ccc(C(=O)/C=C/c2c(OC(C)C)ccc3ccccc23)cc1. The number of benzene rings is 3. The van der Waals surface area contributed by atoms with Crippen molar-refractivity contribution in [3.05, 3.63) is 83.4 Å². The second-order valence-electron chi connectivity index (χ2n) is 6.43. The van der Waals surface area contributed by atoms with Gasteiger partial charge in [0.1, 0.15) is 5.75 Å². The molecule has 0 radical (unpaired) electrons. The van der Waals surface area contributed by atoms with Crippen LogP contribution in [-0.4, -0.2) is 11.9 Å². The van der Waals surface area contributed by atoms with Gasteiger partial charge < -0.3 is 4.74 Å². The molecule has 2 nitrogen and oxygen atoms in total. The van der Waals surface area contributed by atoms with Crippen molar-refractivity contribution in [2.24, 2.45) is 0 Å². The molecule has 0 saturated carbocycles. The van der Waals surface area contributed by atoms with Crippen molar-refractivity contribution < 1.29 is 9.53 Å². The maximum absolute atomic E-state index is 12.5. The van der Waals surface area contributed by atoms with Gasteiger partial charge in [0.2, 0.25) is 0 Å². The van der Waals surface area contributed by atoms with Crippen LogP contribution in [0.25, 0.3) is 16.8 Å². The minimum absolute atomic E-state index is 0.0107. The fourth-order valence-corrected chi connectivity index (χ4v) is 2.78. The molecular formula is C23H22O2. The number of rotatable bonds is 5. The Hall–Kier alpha value is -2.87. The van der Waals surface area contributed by atoms with Crippen LogP contribution in [0.2, 0.25) is 0 Å². The van der Waals surface area contributed by atoms with Gasteiger partial charge in [0.05, 0.1) is 6.10 Å². The monoisotopic (exact) mass is 330 g/mol. The predicted molar refractivity (Wildman–Crippen MR) is 104 cm³/mol. The van der Waals surface area contributed by atoms with E-state index in [-0.39, 0.29) is 11.9 Å². The van der Waals surface area contributed by atoms with Crippen LogP contribution in [0, 0.1) is 6.92 Å². The molecule has 0 aliphatic heterocycles. The van der Waals surface area contributed by atoms with Gasteiger partial charge in [0.15, 0.2) is 5.78 Å². The van der Waals surface area contributed by atoms with E-state index < -0.39 is 0 Å². The van der Waals surface area contributed by atoms with Crippen LogP contribution < -0.4 is 4.74 Å². The number of hydrogen-bond donors (Lipinski definition) is 0. The summed E-state index contributed by atoms with van der Waals surface area (Å²) in [7, 11) is 0. The topological polar surface area (TPSA) is 26.3 Å². The number of fused-ring (bicyclic) bond motifs is 1. The number of hydrogen-bond acceptors (Lipinski definition) is 2. The first-order valence-electron chi connectivity index (χ1n) is 8.52. The Labute approximate surface area is 148 Å². The molecule has 3 rings (SSSR count). The van der Waals surface area contributed by atoms with E-state index >= 15 is 0 Å². The molecule has 0 heterocycles. The first-order valence-corrected chi connectivity index (χ1v) is 8.52. The molecule has 0 bridgehead atoms. The van der Waals surface area contributed by atoms with Gasteiger partial charge in [-0.2, -0.15) is 0 Å². The van der Waals surface area contributed by atoms with Crippen molar-refractivity contribution in [3.63, 3.8) is 0 Å². The summed E-state index contributed by atoms with van der Waals surface area (Å²) in [5, 5.41) is 2.20. The lowest BCUT2D eigenvalue weighted by Gasteiger charge is -2.14. The van der Waals surface area contributed by atoms with Crippen molar-refractivity contribution in [2.45, 2.75) is 26.9 Å². The van der Waals surface area contributed by atoms with Crippen molar-refractivity contribution in [1.82, 2.24) is 0 Å². The first-order chi connectivity index (χ1) is 12.0. The molecule has 0 aliphatic carbocycles. The van der Waals surface area contributed by atoms with Crippen molar-refractivity contribution >= 4 is 22.6 Å². The average Bonchev–Trinajstić information content (AvgIpc) is 2.60. The third-order valence-electron chi connectivity index (χ3n) is 4.03. The molecule has 126 valence electrons. The summed E-state index contributed by atoms with van der Waals surface area (Å²) in [5.41, 5.74) is 2.77. The van der Waals surface area contributed by atoms with Crippen molar-refractivity contribution in [2.75, 3.05) is 0 Å². The van der Waals surface area contributed by atoms with Crippen LogP contribution >= 0.6 is 0 Å². The fourth-order valence-electron chi connectivity index (χ4n) is 2.78. The van der Waals surface area contributed by atoms with E-state index in [1.807, 2.05) is 75.4 Å². The summed E-state index contributed by atoms with van der Waals surface area (Å²) in [6.45, 7) is 6.01. The molecule has 0 N–H and O–H groups in total. The maximum atomic E-state index is 12.5. The standard InChI is InChI=1S/C23H22O2/c1-16(2)25-23-15-12-18-6-4-5-7-20(18)21(23)13-14-22(24)19-10-8-17(3)9-11-19/h4-16H,1-3H3/b14-13+. The third kappa shape index (κ3) is 3.97. The van der Waals surface area contributed by atoms with E-state index in [0.717, 1.165) is 27.6 Å². The van der Waals surface area contributed by atoms with Crippen molar-refractivity contribution in [1.29, 1.82) is 0 Å². The highest BCUT2D eigenvalue weighted by Gasteiger charge is 2.09. The molecule has 0 aromatic heterocycles. The molecule has 0 atom stereocenters. The molecule has 2 heteroatoms. The smallest absolute Gasteiger partial charge is 0.185 e. The Balaban J connectivity index is 2.00. The second-order valence-corrected chi connectivity index (χ2v) is 6.43. The summed E-state index contributed by atoms with van der Waals surface area (Å²) >= 11 is 0. The first kappa shape index (κ1) is 17.0. The molecule has 0 spiro atoms. The zero-order chi connectivity index (χ0) is 17.8. The van der Waals surface area contributed by atoms with Gasteiger partial charge in [-0.25, -0.2) is 0 Å². The largest absolute Gasteiger partial charge is 0.490 e. The summed E-state index contributed by atoms with van der Waals surface area (Å²) in [4.78, 5) is 12.5. The number of carbonyl (C=O) groups is 1. The molecule has 0 unspecified atom stereocenters. The van der Waals surface area contributed by atoms with E-state index in [0.29, 0.717) is 5.56 Å². The lowest BCUT2D eigenvalue weighted by molar-refractivity contribution is 0.104. The van der Waals surface area contributed by atoms with E-state index in [1.165, 1.54) is 0 Å². The highest BCUT2D eigenvalue weighted by Crippen LogP contribution is 2.30. The van der Waals surface area contributed by atoms with Gasteiger partial charge in [0, 0.05) is 11.1 Å². The molecule has 3 aromatic carbocycles.